The maximum atomic E-state index is 4.46. The summed E-state index contributed by atoms with van der Waals surface area (Å²) < 4.78 is 0. The number of hydrogen-bond donors (Lipinski definition) is 0. The SMILES string of the molecule is CC(C)c1ccc(CC(C)(C)C)cn1. The Hall–Kier alpha value is -0.850. The third-order valence-corrected chi connectivity index (χ3v) is 2.17. The van der Waals surface area contributed by atoms with E-state index in [1.807, 2.05) is 6.20 Å². The second kappa shape index (κ2) is 4.12. The summed E-state index contributed by atoms with van der Waals surface area (Å²) in [5, 5.41) is 0. The fourth-order valence-electron chi connectivity index (χ4n) is 1.49. The van der Waals surface area contributed by atoms with Crippen LogP contribution >= 0.6 is 0 Å². The molecular weight excluding hydrogens is 170 g/mol. The summed E-state index contributed by atoms with van der Waals surface area (Å²) in [6, 6.07) is 4.35. The minimum Gasteiger partial charge on any atom is -0.261 e. The molecule has 0 spiro atoms. The summed E-state index contributed by atoms with van der Waals surface area (Å²) >= 11 is 0. The second-order valence-corrected chi connectivity index (χ2v) is 5.48. The van der Waals surface area contributed by atoms with Crippen molar-refractivity contribution in [3.8, 4) is 0 Å². The topological polar surface area (TPSA) is 12.9 Å². The smallest absolute Gasteiger partial charge is 0.0429 e. The van der Waals surface area contributed by atoms with Crippen molar-refractivity contribution in [2.24, 2.45) is 5.41 Å². The molecule has 1 aromatic heterocycles. The Morgan fingerprint density at radius 3 is 2.21 bits per heavy atom. The molecule has 78 valence electrons. The van der Waals surface area contributed by atoms with E-state index in [0.29, 0.717) is 11.3 Å². The van der Waals surface area contributed by atoms with E-state index in [0.717, 1.165) is 6.42 Å². The zero-order chi connectivity index (χ0) is 10.8. The Labute approximate surface area is 87.6 Å². The lowest BCUT2D eigenvalue weighted by molar-refractivity contribution is 0.410. The van der Waals surface area contributed by atoms with Gasteiger partial charge in [-0.15, -0.1) is 0 Å². The Bertz CT molecular complexity index is 277. The van der Waals surface area contributed by atoms with Gasteiger partial charge >= 0.3 is 0 Å². The van der Waals surface area contributed by atoms with Crippen molar-refractivity contribution in [3.05, 3.63) is 29.6 Å². The molecule has 0 amide bonds. The molecule has 0 atom stereocenters. The lowest BCUT2D eigenvalue weighted by Crippen LogP contribution is -2.09. The molecule has 0 aliphatic heterocycles. The average Bonchev–Trinajstić information content (AvgIpc) is 2.02. The Morgan fingerprint density at radius 1 is 1.21 bits per heavy atom. The third-order valence-electron chi connectivity index (χ3n) is 2.17. The highest BCUT2D eigenvalue weighted by molar-refractivity contribution is 5.17. The van der Waals surface area contributed by atoms with E-state index in [4.69, 9.17) is 0 Å². The van der Waals surface area contributed by atoms with Crippen LogP contribution in [0.25, 0.3) is 0 Å². The molecule has 0 aliphatic rings. The van der Waals surface area contributed by atoms with Gasteiger partial charge in [-0.25, -0.2) is 0 Å². The van der Waals surface area contributed by atoms with E-state index in [1.165, 1.54) is 11.3 Å². The average molecular weight is 191 g/mol. The highest BCUT2D eigenvalue weighted by atomic mass is 14.7. The molecule has 1 heterocycles. The maximum absolute atomic E-state index is 4.46. The molecule has 1 aromatic rings. The zero-order valence-corrected chi connectivity index (χ0v) is 9.96. The van der Waals surface area contributed by atoms with E-state index in [2.05, 4.69) is 51.7 Å². The van der Waals surface area contributed by atoms with Crippen LogP contribution in [0.4, 0.5) is 0 Å². The first-order valence-corrected chi connectivity index (χ1v) is 5.33. The van der Waals surface area contributed by atoms with Crippen LogP contribution in [0.3, 0.4) is 0 Å². The molecule has 14 heavy (non-hydrogen) atoms. The van der Waals surface area contributed by atoms with Crippen LogP contribution in [0.5, 0.6) is 0 Å². The molecule has 1 heteroatoms. The molecule has 0 radical (unpaired) electrons. The van der Waals surface area contributed by atoms with Crippen LogP contribution in [0, 0.1) is 5.41 Å². The normalized spacial score (nSPS) is 12.1. The Balaban J connectivity index is 2.74. The van der Waals surface area contributed by atoms with Gasteiger partial charge in [0.2, 0.25) is 0 Å². The van der Waals surface area contributed by atoms with Gasteiger partial charge in [0.15, 0.2) is 0 Å². The maximum Gasteiger partial charge on any atom is 0.0429 e. The van der Waals surface area contributed by atoms with E-state index in [9.17, 15) is 0 Å². The van der Waals surface area contributed by atoms with Crippen molar-refractivity contribution in [1.29, 1.82) is 0 Å². The number of hydrogen-bond acceptors (Lipinski definition) is 1. The molecule has 1 rings (SSSR count). The minimum absolute atomic E-state index is 0.348. The molecule has 0 N–H and O–H groups in total. The quantitative estimate of drug-likeness (QED) is 0.693. The number of aromatic nitrogens is 1. The number of nitrogens with zero attached hydrogens (tertiary/aromatic N) is 1. The summed E-state index contributed by atoms with van der Waals surface area (Å²) in [6.45, 7) is 11.1. The van der Waals surface area contributed by atoms with E-state index >= 15 is 0 Å². The van der Waals surface area contributed by atoms with Crippen molar-refractivity contribution >= 4 is 0 Å². The van der Waals surface area contributed by atoms with Gasteiger partial charge < -0.3 is 0 Å². The van der Waals surface area contributed by atoms with Gasteiger partial charge in [0, 0.05) is 11.9 Å². The lowest BCUT2D eigenvalue weighted by atomic mass is 9.88. The van der Waals surface area contributed by atoms with Crippen molar-refractivity contribution in [2.45, 2.75) is 47.0 Å². The molecular formula is C13H21N. The summed E-state index contributed by atoms with van der Waals surface area (Å²) in [7, 11) is 0. The van der Waals surface area contributed by atoms with Gasteiger partial charge in [-0.2, -0.15) is 0 Å². The highest BCUT2D eigenvalue weighted by Gasteiger charge is 2.11. The molecule has 0 saturated carbocycles. The van der Waals surface area contributed by atoms with Gasteiger partial charge in [0.25, 0.3) is 0 Å². The van der Waals surface area contributed by atoms with E-state index < -0.39 is 0 Å². The molecule has 0 unspecified atom stereocenters. The molecule has 0 aromatic carbocycles. The van der Waals surface area contributed by atoms with E-state index in [1.54, 1.807) is 0 Å². The first-order valence-electron chi connectivity index (χ1n) is 5.33. The summed E-state index contributed by atoms with van der Waals surface area (Å²) in [5.74, 6) is 0.527. The van der Waals surface area contributed by atoms with E-state index in [-0.39, 0.29) is 0 Å². The summed E-state index contributed by atoms with van der Waals surface area (Å²) in [6.07, 6.45) is 3.11. The third kappa shape index (κ3) is 3.49. The van der Waals surface area contributed by atoms with Gasteiger partial charge in [-0.05, 0) is 29.4 Å². The fraction of sp³-hybridized carbons (Fsp3) is 0.615. The van der Waals surface area contributed by atoms with Crippen LogP contribution in [-0.4, -0.2) is 4.98 Å². The molecule has 0 saturated heterocycles. The second-order valence-electron chi connectivity index (χ2n) is 5.48. The number of rotatable bonds is 2. The molecule has 0 fully saturated rings. The predicted molar refractivity (Wildman–Crippen MR) is 61.5 cm³/mol. The van der Waals surface area contributed by atoms with Gasteiger partial charge in [-0.1, -0.05) is 40.7 Å². The monoisotopic (exact) mass is 191 g/mol. The molecule has 0 aliphatic carbocycles. The largest absolute Gasteiger partial charge is 0.261 e. The summed E-state index contributed by atoms with van der Waals surface area (Å²) in [5.41, 5.74) is 2.87. The minimum atomic E-state index is 0.348. The standard InChI is InChI=1S/C13H21N/c1-10(2)12-7-6-11(9-14-12)8-13(3,4)5/h6-7,9-10H,8H2,1-5H3. The van der Waals surface area contributed by atoms with Crippen molar-refractivity contribution in [1.82, 2.24) is 4.98 Å². The first kappa shape index (κ1) is 11.2. The summed E-state index contributed by atoms with van der Waals surface area (Å²) in [4.78, 5) is 4.46. The highest BCUT2D eigenvalue weighted by Crippen LogP contribution is 2.20. The Kier molecular flexibility index (Phi) is 3.30. The van der Waals surface area contributed by atoms with Gasteiger partial charge in [0.05, 0.1) is 0 Å². The van der Waals surface area contributed by atoms with Crippen molar-refractivity contribution < 1.29 is 0 Å². The van der Waals surface area contributed by atoms with Crippen LogP contribution in [-0.2, 0) is 6.42 Å². The van der Waals surface area contributed by atoms with Gasteiger partial charge in [0.1, 0.15) is 0 Å². The van der Waals surface area contributed by atoms with Crippen molar-refractivity contribution in [2.75, 3.05) is 0 Å². The predicted octanol–water partition coefficient (Wildman–Crippen LogP) is 3.79. The van der Waals surface area contributed by atoms with Crippen LogP contribution in [0.15, 0.2) is 18.3 Å². The first-order chi connectivity index (χ1) is 6.38. The zero-order valence-electron chi connectivity index (χ0n) is 9.96. The van der Waals surface area contributed by atoms with Gasteiger partial charge in [-0.3, -0.25) is 4.98 Å². The van der Waals surface area contributed by atoms with Crippen LogP contribution < -0.4 is 0 Å². The van der Waals surface area contributed by atoms with Crippen LogP contribution in [0.2, 0.25) is 0 Å². The molecule has 0 bridgehead atoms. The number of pyridine rings is 1. The fourth-order valence-corrected chi connectivity index (χ4v) is 1.49. The van der Waals surface area contributed by atoms with Crippen LogP contribution in [0.1, 0.15) is 51.8 Å². The van der Waals surface area contributed by atoms with Crippen molar-refractivity contribution in [3.63, 3.8) is 0 Å². The molecule has 1 nitrogen and oxygen atoms in total. The lowest BCUT2D eigenvalue weighted by Gasteiger charge is -2.18. The Morgan fingerprint density at radius 2 is 1.86 bits per heavy atom.